The zero-order valence-corrected chi connectivity index (χ0v) is 12.1. The van der Waals surface area contributed by atoms with Crippen LogP contribution in [0.25, 0.3) is 11.1 Å². The van der Waals surface area contributed by atoms with Crippen LogP contribution in [0.1, 0.15) is 25.3 Å². The van der Waals surface area contributed by atoms with Crippen LogP contribution < -0.4 is 0 Å². The van der Waals surface area contributed by atoms with Crippen molar-refractivity contribution >= 4 is 5.97 Å². The number of halogens is 1. The SMILES string of the molecule is CC(CCc1cccc(-c2ccc(F)cc2)c1)CC(=O)O. The van der Waals surface area contributed by atoms with Crippen LogP contribution >= 0.6 is 0 Å². The topological polar surface area (TPSA) is 37.3 Å². The maximum absolute atomic E-state index is 12.9. The fourth-order valence-electron chi connectivity index (χ4n) is 2.36. The highest BCUT2D eigenvalue weighted by molar-refractivity contribution is 5.67. The van der Waals surface area contributed by atoms with Crippen LogP contribution in [0, 0.1) is 11.7 Å². The smallest absolute Gasteiger partial charge is 0.303 e. The van der Waals surface area contributed by atoms with E-state index in [9.17, 15) is 9.18 Å². The lowest BCUT2D eigenvalue weighted by atomic mass is 9.96. The van der Waals surface area contributed by atoms with Crippen molar-refractivity contribution in [1.82, 2.24) is 0 Å². The minimum Gasteiger partial charge on any atom is -0.481 e. The first-order valence-corrected chi connectivity index (χ1v) is 7.11. The number of benzene rings is 2. The summed E-state index contributed by atoms with van der Waals surface area (Å²) in [4.78, 5) is 10.7. The van der Waals surface area contributed by atoms with Crippen molar-refractivity contribution in [3.05, 3.63) is 59.9 Å². The molecular formula is C18H19FO2. The number of aliphatic carboxylic acids is 1. The van der Waals surface area contributed by atoms with Crippen LogP contribution in [0.4, 0.5) is 4.39 Å². The van der Waals surface area contributed by atoms with E-state index >= 15 is 0 Å². The van der Waals surface area contributed by atoms with E-state index < -0.39 is 5.97 Å². The van der Waals surface area contributed by atoms with Crippen molar-refractivity contribution < 1.29 is 14.3 Å². The summed E-state index contributed by atoms with van der Waals surface area (Å²) in [6, 6.07) is 14.5. The molecule has 0 saturated heterocycles. The standard InChI is InChI=1S/C18H19FO2/c1-13(11-18(20)21)5-6-14-3-2-4-16(12-14)15-7-9-17(19)10-8-15/h2-4,7-10,12-13H,5-6,11H2,1H3,(H,20,21). The number of carbonyl (C=O) groups is 1. The van der Waals surface area contributed by atoms with E-state index in [2.05, 4.69) is 6.07 Å². The Morgan fingerprint density at radius 1 is 1.14 bits per heavy atom. The molecule has 1 N–H and O–H groups in total. The second kappa shape index (κ2) is 7.02. The van der Waals surface area contributed by atoms with Gasteiger partial charge in [0.05, 0.1) is 0 Å². The lowest BCUT2D eigenvalue weighted by Gasteiger charge is -2.09. The van der Waals surface area contributed by atoms with Crippen LogP contribution in [0.5, 0.6) is 0 Å². The Labute approximate surface area is 124 Å². The van der Waals surface area contributed by atoms with Gasteiger partial charge in [0.1, 0.15) is 5.82 Å². The van der Waals surface area contributed by atoms with Gasteiger partial charge in [-0.05, 0) is 47.6 Å². The molecule has 0 aromatic heterocycles. The molecule has 0 spiro atoms. The predicted molar refractivity (Wildman–Crippen MR) is 81.6 cm³/mol. The van der Waals surface area contributed by atoms with Crippen molar-refractivity contribution in [1.29, 1.82) is 0 Å². The summed E-state index contributed by atoms with van der Waals surface area (Å²) in [7, 11) is 0. The molecule has 0 aliphatic carbocycles. The van der Waals surface area contributed by atoms with Gasteiger partial charge in [-0.2, -0.15) is 0 Å². The number of hydrogen-bond donors (Lipinski definition) is 1. The molecular weight excluding hydrogens is 267 g/mol. The van der Waals surface area contributed by atoms with Gasteiger partial charge in [-0.15, -0.1) is 0 Å². The molecule has 0 aliphatic rings. The zero-order chi connectivity index (χ0) is 15.2. The molecule has 21 heavy (non-hydrogen) atoms. The van der Waals surface area contributed by atoms with Gasteiger partial charge < -0.3 is 5.11 Å². The number of carboxylic acid groups (broad SMARTS) is 1. The molecule has 0 fully saturated rings. The Balaban J connectivity index is 2.04. The van der Waals surface area contributed by atoms with Crippen molar-refractivity contribution in [2.75, 3.05) is 0 Å². The Kier molecular flexibility index (Phi) is 5.09. The Morgan fingerprint density at radius 2 is 1.86 bits per heavy atom. The quantitative estimate of drug-likeness (QED) is 0.846. The average molecular weight is 286 g/mol. The van der Waals surface area contributed by atoms with Gasteiger partial charge in [0.25, 0.3) is 0 Å². The molecule has 0 saturated carbocycles. The largest absolute Gasteiger partial charge is 0.481 e. The van der Waals surface area contributed by atoms with E-state index in [1.54, 1.807) is 12.1 Å². The minimum atomic E-state index is -0.748. The normalized spacial score (nSPS) is 12.1. The summed E-state index contributed by atoms with van der Waals surface area (Å²) in [5.74, 6) is -0.822. The fourth-order valence-corrected chi connectivity index (χ4v) is 2.36. The maximum atomic E-state index is 12.9. The van der Waals surface area contributed by atoms with Crippen LogP contribution in [-0.4, -0.2) is 11.1 Å². The summed E-state index contributed by atoms with van der Waals surface area (Å²) in [6.45, 7) is 1.96. The fraction of sp³-hybridized carbons (Fsp3) is 0.278. The van der Waals surface area contributed by atoms with Crippen molar-refractivity contribution in [3.8, 4) is 11.1 Å². The lowest BCUT2D eigenvalue weighted by Crippen LogP contribution is -2.05. The minimum absolute atomic E-state index is 0.164. The molecule has 0 aliphatic heterocycles. The predicted octanol–water partition coefficient (Wildman–Crippen LogP) is 4.54. The molecule has 3 heteroatoms. The number of aryl methyl sites for hydroxylation is 1. The van der Waals surface area contributed by atoms with Gasteiger partial charge in [-0.3, -0.25) is 4.79 Å². The summed E-state index contributed by atoms with van der Waals surface area (Å²) in [6.07, 6.45) is 1.90. The van der Waals surface area contributed by atoms with E-state index in [-0.39, 0.29) is 18.2 Å². The van der Waals surface area contributed by atoms with Gasteiger partial charge in [0.15, 0.2) is 0 Å². The summed E-state index contributed by atoms with van der Waals surface area (Å²) < 4.78 is 12.9. The molecule has 2 rings (SSSR count). The van der Waals surface area contributed by atoms with E-state index in [1.165, 1.54) is 17.7 Å². The molecule has 0 bridgehead atoms. The molecule has 0 radical (unpaired) electrons. The highest BCUT2D eigenvalue weighted by atomic mass is 19.1. The molecule has 2 aromatic rings. The van der Waals surface area contributed by atoms with Crippen LogP contribution in [0.3, 0.4) is 0 Å². The van der Waals surface area contributed by atoms with E-state index in [0.29, 0.717) is 0 Å². The monoisotopic (exact) mass is 286 g/mol. The van der Waals surface area contributed by atoms with Crippen molar-refractivity contribution in [3.63, 3.8) is 0 Å². The molecule has 0 heterocycles. The van der Waals surface area contributed by atoms with Crippen LogP contribution in [-0.2, 0) is 11.2 Å². The molecule has 110 valence electrons. The third-order valence-corrected chi connectivity index (χ3v) is 3.55. The van der Waals surface area contributed by atoms with Gasteiger partial charge in [-0.1, -0.05) is 43.3 Å². The van der Waals surface area contributed by atoms with Gasteiger partial charge in [0, 0.05) is 6.42 Å². The number of carboxylic acids is 1. The molecule has 2 nitrogen and oxygen atoms in total. The third kappa shape index (κ3) is 4.71. The Morgan fingerprint density at radius 3 is 2.52 bits per heavy atom. The summed E-state index contributed by atoms with van der Waals surface area (Å²) in [5.41, 5.74) is 3.21. The van der Waals surface area contributed by atoms with Gasteiger partial charge in [-0.25, -0.2) is 4.39 Å². The summed E-state index contributed by atoms with van der Waals surface area (Å²) >= 11 is 0. The number of rotatable bonds is 6. The molecule has 2 aromatic carbocycles. The molecule has 0 amide bonds. The van der Waals surface area contributed by atoms with Crippen LogP contribution in [0.2, 0.25) is 0 Å². The van der Waals surface area contributed by atoms with Crippen LogP contribution in [0.15, 0.2) is 48.5 Å². The highest BCUT2D eigenvalue weighted by Crippen LogP contribution is 2.22. The van der Waals surface area contributed by atoms with Crippen molar-refractivity contribution in [2.45, 2.75) is 26.2 Å². The molecule has 1 atom stereocenters. The highest BCUT2D eigenvalue weighted by Gasteiger charge is 2.08. The van der Waals surface area contributed by atoms with Gasteiger partial charge >= 0.3 is 5.97 Å². The number of hydrogen-bond acceptors (Lipinski definition) is 1. The second-order valence-corrected chi connectivity index (χ2v) is 5.45. The Hall–Kier alpha value is -2.16. The molecule has 1 unspecified atom stereocenters. The first-order chi connectivity index (χ1) is 10.0. The second-order valence-electron chi connectivity index (χ2n) is 5.45. The zero-order valence-electron chi connectivity index (χ0n) is 12.1. The first kappa shape index (κ1) is 15.2. The average Bonchev–Trinajstić information content (AvgIpc) is 2.45. The van der Waals surface area contributed by atoms with E-state index in [1.807, 2.05) is 25.1 Å². The summed E-state index contributed by atoms with van der Waals surface area (Å²) in [5, 5.41) is 8.77. The maximum Gasteiger partial charge on any atom is 0.303 e. The first-order valence-electron chi connectivity index (χ1n) is 7.11. The Bertz CT molecular complexity index is 605. The third-order valence-electron chi connectivity index (χ3n) is 3.55. The van der Waals surface area contributed by atoms with E-state index in [0.717, 1.165) is 24.0 Å². The lowest BCUT2D eigenvalue weighted by molar-refractivity contribution is -0.138. The van der Waals surface area contributed by atoms with E-state index in [4.69, 9.17) is 5.11 Å². The van der Waals surface area contributed by atoms with Gasteiger partial charge in [0.2, 0.25) is 0 Å². The van der Waals surface area contributed by atoms with Crippen molar-refractivity contribution in [2.24, 2.45) is 5.92 Å².